The van der Waals surface area contributed by atoms with Crippen LogP contribution in [0.4, 0.5) is 0 Å². The largest absolute Gasteiger partial charge is 0.490 e. The molecule has 0 heterocycles. The first-order chi connectivity index (χ1) is 6.70. The lowest BCUT2D eigenvalue weighted by molar-refractivity contribution is 0.286. The highest BCUT2D eigenvalue weighted by atomic mass is 16.5. The second-order valence-corrected chi connectivity index (χ2v) is 3.20. The molecule has 0 atom stereocenters. The van der Waals surface area contributed by atoms with Crippen LogP contribution >= 0.6 is 0 Å². The second kappa shape index (κ2) is 4.89. The van der Waals surface area contributed by atoms with Crippen molar-refractivity contribution in [1.82, 2.24) is 0 Å². The monoisotopic (exact) mass is 194 g/mol. The van der Waals surface area contributed by atoms with Crippen molar-refractivity contribution in [1.29, 1.82) is 0 Å². The van der Waals surface area contributed by atoms with Gasteiger partial charge in [-0.15, -0.1) is 0 Å². The number of aryl methyl sites for hydroxylation is 1. The fraction of sp³-hybridized carbons (Fsp3) is 0.500. The van der Waals surface area contributed by atoms with Crippen molar-refractivity contribution in [2.45, 2.75) is 27.7 Å². The highest BCUT2D eigenvalue weighted by molar-refractivity contribution is 5.49. The van der Waals surface area contributed by atoms with Gasteiger partial charge in [0.05, 0.1) is 13.2 Å². The molecule has 0 N–H and O–H groups in total. The van der Waals surface area contributed by atoms with Gasteiger partial charge in [0.1, 0.15) is 0 Å². The van der Waals surface area contributed by atoms with Crippen LogP contribution in [0, 0.1) is 13.8 Å². The van der Waals surface area contributed by atoms with Crippen LogP contribution in [0.3, 0.4) is 0 Å². The van der Waals surface area contributed by atoms with Crippen LogP contribution in [0.5, 0.6) is 11.5 Å². The second-order valence-electron chi connectivity index (χ2n) is 3.20. The van der Waals surface area contributed by atoms with Crippen LogP contribution in [0.15, 0.2) is 12.1 Å². The molecule has 1 rings (SSSR count). The number of hydrogen-bond acceptors (Lipinski definition) is 2. The van der Waals surface area contributed by atoms with E-state index >= 15 is 0 Å². The van der Waals surface area contributed by atoms with Gasteiger partial charge in [-0.05, 0) is 44.9 Å². The zero-order chi connectivity index (χ0) is 10.6. The summed E-state index contributed by atoms with van der Waals surface area (Å²) in [5.41, 5.74) is 2.40. The highest BCUT2D eigenvalue weighted by Gasteiger charge is 2.09. The van der Waals surface area contributed by atoms with Gasteiger partial charge >= 0.3 is 0 Å². The van der Waals surface area contributed by atoms with Crippen molar-refractivity contribution < 1.29 is 9.47 Å². The summed E-state index contributed by atoms with van der Waals surface area (Å²) in [5.74, 6) is 1.73. The van der Waals surface area contributed by atoms with Crippen LogP contribution in [0.1, 0.15) is 25.0 Å². The van der Waals surface area contributed by atoms with Gasteiger partial charge < -0.3 is 9.47 Å². The van der Waals surface area contributed by atoms with E-state index in [4.69, 9.17) is 9.47 Å². The Morgan fingerprint density at radius 2 is 1.64 bits per heavy atom. The number of hydrogen-bond donors (Lipinski definition) is 0. The molecule has 0 fully saturated rings. The Morgan fingerprint density at radius 1 is 1.00 bits per heavy atom. The van der Waals surface area contributed by atoms with Crippen LogP contribution in [-0.2, 0) is 0 Å². The minimum Gasteiger partial charge on any atom is -0.490 e. The number of ether oxygens (including phenoxy) is 2. The van der Waals surface area contributed by atoms with Crippen molar-refractivity contribution in [2.24, 2.45) is 0 Å². The molecule has 1 aromatic rings. The molecule has 0 spiro atoms. The predicted octanol–water partition coefficient (Wildman–Crippen LogP) is 3.10. The molecule has 0 unspecified atom stereocenters. The number of rotatable bonds is 4. The van der Waals surface area contributed by atoms with E-state index in [0.717, 1.165) is 17.1 Å². The van der Waals surface area contributed by atoms with E-state index < -0.39 is 0 Å². The zero-order valence-corrected chi connectivity index (χ0v) is 9.39. The third-order valence-corrected chi connectivity index (χ3v) is 2.23. The average molecular weight is 194 g/mol. The fourth-order valence-electron chi connectivity index (χ4n) is 1.36. The minimum atomic E-state index is 0.669. The highest BCUT2D eigenvalue weighted by Crippen LogP contribution is 2.32. The van der Waals surface area contributed by atoms with Gasteiger partial charge in [0, 0.05) is 0 Å². The zero-order valence-electron chi connectivity index (χ0n) is 9.39. The average Bonchev–Trinajstić information content (AvgIpc) is 2.18. The van der Waals surface area contributed by atoms with Crippen molar-refractivity contribution >= 4 is 0 Å². The third kappa shape index (κ3) is 2.19. The molecule has 0 amide bonds. The standard InChI is InChI=1S/C12H18O2/c1-5-13-11-8-7-9(3)10(4)12(11)14-6-2/h7-8H,5-6H2,1-4H3. The number of benzene rings is 1. The SMILES string of the molecule is CCOc1ccc(C)c(C)c1OCC. The summed E-state index contributed by atoms with van der Waals surface area (Å²) >= 11 is 0. The summed E-state index contributed by atoms with van der Waals surface area (Å²) in [5, 5.41) is 0. The lowest BCUT2D eigenvalue weighted by Crippen LogP contribution is -2.01. The van der Waals surface area contributed by atoms with Gasteiger partial charge in [0.15, 0.2) is 11.5 Å². The van der Waals surface area contributed by atoms with Crippen molar-refractivity contribution in [2.75, 3.05) is 13.2 Å². The Bertz CT molecular complexity index is 305. The van der Waals surface area contributed by atoms with E-state index in [1.807, 2.05) is 19.9 Å². The molecule has 0 saturated carbocycles. The first-order valence-corrected chi connectivity index (χ1v) is 5.06. The van der Waals surface area contributed by atoms with Crippen LogP contribution in [0.25, 0.3) is 0 Å². The van der Waals surface area contributed by atoms with E-state index in [0.29, 0.717) is 13.2 Å². The van der Waals surface area contributed by atoms with Crippen LogP contribution < -0.4 is 9.47 Å². The topological polar surface area (TPSA) is 18.5 Å². The van der Waals surface area contributed by atoms with Crippen LogP contribution in [0.2, 0.25) is 0 Å². The normalized spacial score (nSPS) is 10.0. The van der Waals surface area contributed by atoms with E-state index in [2.05, 4.69) is 19.9 Å². The molecule has 0 bridgehead atoms. The Labute approximate surface area is 85.8 Å². The first-order valence-electron chi connectivity index (χ1n) is 5.06. The molecule has 0 aliphatic carbocycles. The van der Waals surface area contributed by atoms with Gasteiger partial charge in [0.25, 0.3) is 0 Å². The Kier molecular flexibility index (Phi) is 3.81. The molecule has 0 aliphatic heterocycles. The fourth-order valence-corrected chi connectivity index (χ4v) is 1.36. The summed E-state index contributed by atoms with van der Waals surface area (Å²) in [7, 11) is 0. The summed E-state index contributed by atoms with van der Waals surface area (Å²) in [6, 6.07) is 4.03. The van der Waals surface area contributed by atoms with E-state index in [1.165, 1.54) is 5.56 Å². The molecule has 0 aliphatic rings. The lowest BCUT2D eigenvalue weighted by Gasteiger charge is -2.14. The summed E-state index contributed by atoms with van der Waals surface area (Å²) in [6.45, 7) is 9.44. The predicted molar refractivity (Wildman–Crippen MR) is 58.3 cm³/mol. The van der Waals surface area contributed by atoms with Gasteiger partial charge in [-0.3, -0.25) is 0 Å². The maximum atomic E-state index is 5.58. The van der Waals surface area contributed by atoms with Gasteiger partial charge in [-0.1, -0.05) is 6.07 Å². The first kappa shape index (κ1) is 10.9. The molecule has 14 heavy (non-hydrogen) atoms. The van der Waals surface area contributed by atoms with Gasteiger partial charge in [0.2, 0.25) is 0 Å². The van der Waals surface area contributed by atoms with Gasteiger partial charge in [-0.2, -0.15) is 0 Å². The van der Waals surface area contributed by atoms with E-state index in [1.54, 1.807) is 0 Å². The van der Waals surface area contributed by atoms with Gasteiger partial charge in [-0.25, -0.2) is 0 Å². The lowest BCUT2D eigenvalue weighted by atomic mass is 10.1. The molecular weight excluding hydrogens is 176 g/mol. The Morgan fingerprint density at radius 3 is 2.21 bits per heavy atom. The molecule has 78 valence electrons. The third-order valence-electron chi connectivity index (χ3n) is 2.23. The summed E-state index contributed by atoms with van der Waals surface area (Å²) in [4.78, 5) is 0. The summed E-state index contributed by atoms with van der Waals surface area (Å²) < 4.78 is 11.1. The maximum absolute atomic E-state index is 5.58. The Balaban J connectivity index is 3.08. The smallest absolute Gasteiger partial charge is 0.164 e. The molecule has 0 saturated heterocycles. The summed E-state index contributed by atoms with van der Waals surface area (Å²) in [6.07, 6.45) is 0. The Hall–Kier alpha value is -1.18. The van der Waals surface area contributed by atoms with E-state index in [-0.39, 0.29) is 0 Å². The van der Waals surface area contributed by atoms with Crippen molar-refractivity contribution in [3.8, 4) is 11.5 Å². The maximum Gasteiger partial charge on any atom is 0.164 e. The molecule has 2 nitrogen and oxygen atoms in total. The van der Waals surface area contributed by atoms with Crippen molar-refractivity contribution in [3.05, 3.63) is 23.3 Å². The van der Waals surface area contributed by atoms with Crippen LogP contribution in [-0.4, -0.2) is 13.2 Å². The van der Waals surface area contributed by atoms with E-state index in [9.17, 15) is 0 Å². The molecule has 2 heteroatoms. The molecular formula is C12H18O2. The molecule has 0 aromatic heterocycles. The van der Waals surface area contributed by atoms with Crippen molar-refractivity contribution in [3.63, 3.8) is 0 Å². The minimum absolute atomic E-state index is 0.669. The quantitative estimate of drug-likeness (QED) is 0.733. The molecule has 0 radical (unpaired) electrons. The molecule has 1 aromatic carbocycles.